The van der Waals surface area contributed by atoms with Crippen molar-refractivity contribution in [2.75, 3.05) is 31.1 Å². The fraction of sp³-hybridized carbons (Fsp3) is 0.500. The van der Waals surface area contributed by atoms with E-state index < -0.39 is 23.5 Å². The number of carboxylic acids is 1. The Balaban J connectivity index is 0.000000360. The third kappa shape index (κ3) is 5.47. The second kappa shape index (κ2) is 9.31. The van der Waals surface area contributed by atoms with Crippen molar-refractivity contribution in [2.24, 2.45) is 5.41 Å². The number of pyridine rings is 1. The van der Waals surface area contributed by atoms with Gasteiger partial charge in [0.2, 0.25) is 0 Å². The van der Waals surface area contributed by atoms with Crippen LogP contribution < -0.4 is 4.90 Å². The number of hydrogen-bond donors (Lipinski definition) is 1. The summed E-state index contributed by atoms with van der Waals surface area (Å²) in [7, 11) is 0. The van der Waals surface area contributed by atoms with Gasteiger partial charge in [-0.25, -0.2) is 18.6 Å². The molecule has 0 saturated carbocycles. The number of hydrogen-bond acceptors (Lipinski definition) is 6. The van der Waals surface area contributed by atoms with Crippen molar-refractivity contribution < 1.29 is 31.9 Å². The molecule has 2 aliphatic rings. The van der Waals surface area contributed by atoms with Crippen LogP contribution in [0.3, 0.4) is 0 Å². The summed E-state index contributed by atoms with van der Waals surface area (Å²) in [5.41, 5.74) is 0.0389. The highest BCUT2D eigenvalue weighted by atomic mass is 19.4. The number of piperidine rings is 1. The fourth-order valence-corrected chi connectivity index (χ4v) is 4.02. The quantitative estimate of drug-likeness (QED) is 0.706. The number of rotatable bonds is 3. The summed E-state index contributed by atoms with van der Waals surface area (Å²) in [6.07, 6.45) is 3.67. The number of halogens is 5. The molecule has 0 radical (unpaired) electrons. The first kappa shape index (κ1) is 23.8. The van der Waals surface area contributed by atoms with E-state index in [0.717, 1.165) is 5.56 Å². The zero-order chi connectivity index (χ0) is 23.4. The van der Waals surface area contributed by atoms with E-state index in [9.17, 15) is 22.0 Å². The summed E-state index contributed by atoms with van der Waals surface area (Å²) in [6.45, 7) is 2.38. The number of aliphatic carboxylic acids is 1. The average Bonchev–Trinajstić information content (AvgIpc) is 3.18. The molecule has 2 aromatic rings. The highest BCUT2D eigenvalue weighted by Gasteiger charge is 2.59. The van der Waals surface area contributed by atoms with Gasteiger partial charge in [0.1, 0.15) is 5.82 Å². The lowest BCUT2D eigenvalue weighted by Crippen LogP contribution is -2.56. The number of carboxylic acid groups (broad SMARTS) is 1. The summed E-state index contributed by atoms with van der Waals surface area (Å²) in [5.74, 6) is -4.73. The molecule has 1 atom stereocenters. The molecule has 174 valence electrons. The van der Waals surface area contributed by atoms with Gasteiger partial charge in [-0.3, -0.25) is 14.9 Å². The van der Waals surface area contributed by atoms with Gasteiger partial charge in [-0.2, -0.15) is 13.2 Å². The van der Waals surface area contributed by atoms with Gasteiger partial charge in [-0.05, 0) is 18.1 Å². The van der Waals surface area contributed by atoms with Gasteiger partial charge in [-0.1, -0.05) is 6.07 Å². The predicted molar refractivity (Wildman–Crippen MR) is 104 cm³/mol. The number of carbonyl (C=O) groups is 1. The third-order valence-electron chi connectivity index (χ3n) is 5.64. The van der Waals surface area contributed by atoms with E-state index in [2.05, 4.69) is 19.9 Å². The molecule has 0 aromatic carbocycles. The normalized spacial score (nSPS) is 23.0. The third-order valence-corrected chi connectivity index (χ3v) is 5.64. The highest BCUT2D eigenvalue weighted by Crippen LogP contribution is 2.50. The predicted octanol–water partition coefficient (Wildman–Crippen LogP) is 3.24. The molecule has 7 nitrogen and oxygen atoms in total. The minimum atomic E-state index is -5.08. The molecule has 32 heavy (non-hydrogen) atoms. The van der Waals surface area contributed by atoms with Crippen LogP contribution >= 0.6 is 0 Å². The zero-order valence-electron chi connectivity index (χ0n) is 17.0. The number of nitrogens with zero attached hydrogens (tertiary/aromatic N) is 5. The molecule has 0 amide bonds. The minimum Gasteiger partial charge on any atom is -0.475 e. The van der Waals surface area contributed by atoms with E-state index >= 15 is 0 Å². The number of anilines is 1. The zero-order valence-corrected chi connectivity index (χ0v) is 17.0. The second-order valence-electron chi connectivity index (χ2n) is 7.84. The van der Waals surface area contributed by atoms with E-state index in [1.54, 1.807) is 31.0 Å². The highest BCUT2D eigenvalue weighted by molar-refractivity contribution is 5.73. The number of aromatic nitrogens is 3. The molecule has 1 N–H and O–H groups in total. The maximum atomic E-state index is 14.9. The molecular formula is C20H22F5N5O2. The van der Waals surface area contributed by atoms with E-state index in [-0.39, 0.29) is 6.42 Å². The van der Waals surface area contributed by atoms with E-state index in [1.165, 1.54) is 0 Å². The lowest BCUT2D eigenvalue weighted by atomic mass is 9.75. The van der Waals surface area contributed by atoms with Crippen LogP contribution in [0, 0.1) is 5.41 Å². The first-order chi connectivity index (χ1) is 15.0. The minimum absolute atomic E-state index is 0.0957. The lowest BCUT2D eigenvalue weighted by molar-refractivity contribution is -0.192. The monoisotopic (exact) mass is 459 g/mol. The molecule has 2 aromatic heterocycles. The van der Waals surface area contributed by atoms with E-state index in [1.807, 2.05) is 17.0 Å². The second-order valence-corrected chi connectivity index (χ2v) is 7.84. The molecular weight excluding hydrogens is 437 g/mol. The molecule has 1 unspecified atom stereocenters. The topological polar surface area (TPSA) is 82.5 Å². The summed E-state index contributed by atoms with van der Waals surface area (Å²) < 4.78 is 61.5. The summed E-state index contributed by atoms with van der Waals surface area (Å²) in [6, 6.07) is 3.88. The van der Waals surface area contributed by atoms with Crippen LogP contribution in [0.4, 0.5) is 27.8 Å². The van der Waals surface area contributed by atoms with Crippen LogP contribution in [-0.4, -0.2) is 69.2 Å². The van der Waals surface area contributed by atoms with Crippen molar-refractivity contribution in [3.8, 4) is 0 Å². The first-order valence-corrected chi connectivity index (χ1v) is 9.83. The smallest absolute Gasteiger partial charge is 0.475 e. The summed E-state index contributed by atoms with van der Waals surface area (Å²) in [4.78, 5) is 25.4. The van der Waals surface area contributed by atoms with Crippen molar-refractivity contribution >= 4 is 11.8 Å². The van der Waals surface area contributed by atoms with Crippen LogP contribution in [-0.2, 0) is 11.3 Å². The molecule has 0 aliphatic carbocycles. The summed E-state index contributed by atoms with van der Waals surface area (Å²) >= 11 is 0. The van der Waals surface area contributed by atoms with Crippen LogP contribution in [0.2, 0.25) is 0 Å². The van der Waals surface area contributed by atoms with Gasteiger partial charge in [-0.15, -0.1) is 0 Å². The van der Waals surface area contributed by atoms with Crippen LogP contribution in [0.25, 0.3) is 0 Å². The Morgan fingerprint density at radius 2 is 1.78 bits per heavy atom. The Hall–Kier alpha value is -2.89. The Labute approximate surface area is 180 Å². The lowest BCUT2D eigenvalue weighted by Gasteiger charge is -2.46. The Morgan fingerprint density at radius 1 is 1.06 bits per heavy atom. The molecule has 2 saturated heterocycles. The van der Waals surface area contributed by atoms with Crippen molar-refractivity contribution in [1.29, 1.82) is 0 Å². The van der Waals surface area contributed by atoms with Gasteiger partial charge >= 0.3 is 12.1 Å². The van der Waals surface area contributed by atoms with Gasteiger partial charge in [0, 0.05) is 63.9 Å². The van der Waals surface area contributed by atoms with Crippen molar-refractivity contribution in [3.05, 3.63) is 48.7 Å². The maximum Gasteiger partial charge on any atom is 0.490 e. The Bertz CT molecular complexity index is 900. The number of likely N-dealkylation sites (tertiary alicyclic amines) is 1. The van der Waals surface area contributed by atoms with Crippen molar-refractivity contribution in [3.63, 3.8) is 0 Å². The van der Waals surface area contributed by atoms with Crippen LogP contribution in [0.15, 0.2) is 43.1 Å². The molecule has 12 heteroatoms. The van der Waals surface area contributed by atoms with E-state index in [4.69, 9.17) is 9.90 Å². The largest absolute Gasteiger partial charge is 0.490 e. The van der Waals surface area contributed by atoms with Crippen LogP contribution in [0.5, 0.6) is 0 Å². The summed E-state index contributed by atoms with van der Waals surface area (Å²) in [5, 5.41) is 7.12. The maximum absolute atomic E-state index is 14.9. The van der Waals surface area contributed by atoms with E-state index in [0.29, 0.717) is 45.0 Å². The molecule has 4 heterocycles. The van der Waals surface area contributed by atoms with Crippen LogP contribution in [0.1, 0.15) is 18.4 Å². The first-order valence-electron chi connectivity index (χ1n) is 9.83. The average molecular weight is 459 g/mol. The Morgan fingerprint density at radius 3 is 2.38 bits per heavy atom. The Kier molecular flexibility index (Phi) is 6.91. The molecule has 2 aliphatic heterocycles. The molecule has 4 rings (SSSR count). The van der Waals surface area contributed by atoms with Crippen molar-refractivity contribution in [2.45, 2.75) is 31.5 Å². The molecule has 0 bridgehead atoms. The standard InChI is InChI=1S/C18H21F2N5.C2HF3O2/c19-18(20)4-8-24(12-15-2-1-5-21-10-15)13-17(18)3-9-25(14-17)16-11-22-6-7-23-16;3-2(4,5)1(6)7/h1-2,5-7,10-11H,3-4,8-9,12-14H2;(H,6,7). The van der Waals surface area contributed by atoms with Gasteiger partial charge in [0.05, 0.1) is 11.6 Å². The van der Waals surface area contributed by atoms with Gasteiger partial charge < -0.3 is 10.0 Å². The molecule has 1 spiro atoms. The van der Waals surface area contributed by atoms with Gasteiger partial charge in [0.25, 0.3) is 5.92 Å². The molecule has 2 fully saturated rings. The fourth-order valence-electron chi connectivity index (χ4n) is 4.02. The SMILES string of the molecule is FC1(F)CCN(Cc2cccnc2)CC12CCN(c1cnccn1)C2.O=C(O)C(F)(F)F. The number of alkyl halides is 5. The van der Waals surface area contributed by atoms with Gasteiger partial charge in [0.15, 0.2) is 0 Å². The van der Waals surface area contributed by atoms with Crippen molar-refractivity contribution in [1.82, 2.24) is 19.9 Å².